The predicted octanol–water partition coefficient (Wildman–Crippen LogP) is 1.14. The third-order valence-corrected chi connectivity index (χ3v) is 5.88. The van der Waals surface area contributed by atoms with Gasteiger partial charge in [0.05, 0.1) is 17.2 Å². The summed E-state index contributed by atoms with van der Waals surface area (Å²) in [5.74, 6) is 0. The molecule has 0 amide bonds. The normalized spacial score (nSPS) is 11.9. The molecule has 1 N–H and O–H groups in total. The van der Waals surface area contributed by atoms with Crippen LogP contribution in [0.3, 0.4) is 0 Å². The Hall–Kier alpha value is -0.360. The van der Waals surface area contributed by atoms with Gasteiger partial charge in [-0.25, -0.2) is 13.4 Å². The van der Waals surface area contributed by atoms with Gasteiger partial charge in [0.1, 0.15) is 6.61 Å². The standard InChI is InChI=1S/C14H14ClF3N2O3S2.Na.H/c1-9-11(15)3-2-4-12(9)25(21,22)20-13-19-10(7-24-13)5-6-23-8-14(16,17)18;;/h2-4,7H,5-6,8H2,1H3,(H,19,20);;/q;+1;-1. The van der Waals surface area contributed by atoms with Crippen molar-refractivity contribution in [2.24, 2.45) is 0 Å². The number of thiazole rings is 1. The molecule has 0 radical (unpaired) electrons. The Morgan fingerprint density at radius 3 is 2.73 bits per heavy atom. The number of rotatable bonds is 7. The van der Waals surface area contributed by atoms with Crippen LogP contribution in [0, 0.1) is 6.92 Å². The third-order valence-electron chi connectivity index (χ3n) is 3.05. The summed E-state index contributed by atoms with van der Waals surface area (Å²) in [5, 5.41) is 1.99. The fourth-order valence-electron chi connectivity index (χ4n) is 1.88. The zero-order valence-corrected chi connectivity index (χ0v) is 18.3. The van der Waals surface area contributed by atoms with Crippen LogP contribution in [0.1, 0.15) is 12.7 Å². The topological polar surface area (TPSA) is 68.3 Å². The van der Waals surface area contributed by atoms with E-state index in [2.05, 4.69) is 14.4 Å². The van der Waals surface area contributed by atoms with Gasteiger partial charge in [0.15, 0.2) is 5.13 Å². The molecule has 0 bridgehead atoms. The maximum atomic E-state index is 12.4. The molecule has 0 saturated heterocycles. The Balaban J connectivity index is 0.00000338. The maximum Gasteiger partial charge on any atom is 1.00 e. The molecule has 1 heterocycles. The SMILES string of the molecule is Cc1c(Cl)cccc1S(=O)(=O)Nc1nc(CCOCC(F)(F)F)cs1.[H-].[Na+]. The number of nitrogens with zero attached hydrogens (tertiary/aromatic N) is 1. The minimum Gasteiger partial charge on any atom is -1.00 e. The molecule has 2 rings (SSSR count). The van der Waals surface area contributed by atoms with E-state index in [0.29, 0.717) is 16.3 Å². The van der Waals surface area contributed by atoms with Crippen molar-refractivity contribution in [3.8, 4) is 0 Å². The molecule has 12 heteroatoms. The van der Waals surface area contributed by atoms with E-state index in [4.69, 9.17) is 11.6 Å². The third kappa shape index (κ3) is 6.99. The summed E-state index contributed by atoms with van der Waals surface area (Å²) in [5.41, 5.74) is 0.849. The number of nitrogens with one attached hydrogen (secondary N) is 1. The molecule has 0 unspecified atom stereocenters. The van der Waals surface area contributed by atoms with E-state index in [1.54, 1.807) is 18.4 Å². The van der Waals surface area contributed by atoms with Gasteiger partial charge < -0.3 is 6.16 Å². The van der Waals surface area contributed by atoms with Crippen molar-refractivity contribution in [2.75, 3.05) is 17.9 Å². The van der Waals surface area contributed by atoms with Crippen LogP contribution in [0.15, 0.2) is 28.5 Å². The van der Waals surface area contributed by atoms with Crippen LogP contribution < -0.4 is 34.3 Å². The largest absolute Gasteiger partial charge is 1.00 e. The number of benzene rings is 1. The van der Waals surface area contributed by atoms with Crippen molar-refractivity contribution in [2.45, 2.75) is 24.4 Å². The van der Waals surface area contributed by atoms with E-state index >= 15 is 0 Å². The van der Waals surface area contributed by atoms with Crippen LogP contribution in [0.25, 0.3) is 0 Å². The molecule has 140 valence electrons. The predicted molar refractivity (Wildman–Crippen MR) is 90.8 cm³/mol. The van der Waals surface area contributed by atoms with E-state index in [0.717, 1.165) is 11.3 Å². The van der Waals surface area contributed by atoms with Gasteiger partial charge in [0.25, 0.3) is 10.0 Å². The number of alkyl halides is 3. The molecule has 0 atom stereocenters. The molecule has 1 aromatic carbocycles. The molecule has 1 aromatic heterocycles. The number of hydrogen-bond donors (Lipinski definition) is 1. The second kappa shape index (κ2) is 9.72. The summed E-state index contributed by atoms with van der Waals surface area (Å²) in [6, 6.07) is 4.52. The number of hydrogen-bond acceptors (Lipinski definition) is 5. The first-order valence-corrected chi connectivity index (χ1v) is 9.69. The van der Waals surface area contributed by atoms with Crippen LogP contribution >= 0.6 is 22.9 Å². The Kier molecular flexibility index (Phi) is 8.85. The summed E-state index contributed by atoms with van der Waals surface area (Å²) in [6.45, 7) is 0.0929. The van der Waals surface area contributed by atoms with Crippen LogP contribution in [0.4, 0.5) is 18.3 Å². The second-order valence-electron chi connectivity index (χ2n) is 5.03. The summed E-state index contributed by atoms with van der Waals surface area (Å²) in [7, 11) is -3.86. The first-order valence-electron chi connectivity index (χ1n) is 6.95. The number of aromatic nitrogens is 1. The zero-order chi connectivity index (χ0) is 18.7. The summed E-state index contributed by atoms with van der Waals surface area (Å²) in [6.07, 6.45) is -4.23. The van der Waals surface area contributed by atoms with Gasteiger partial charge in [-0.05, 0) is 24.6 Å². The van der Waals surface area contributed by atoms with Crippen molar-refractivity contribution < 1.29 is 57.3 Å². The van der Waals surface area contributed by atoms with Crippen molar-refractivity contribution >= 4 is 38.1 Å². The Morgan fingerprint density at radius 1 is 1.38 bits per heavy atom. The number of sulfonamides is 1. The van der Waals surface area contributed by atoms with Gasteiger partial charge in [-0.1, -0.05) is 17.7 Å². The Morgan fingerprint density at radius 2 is 2.08 bits per heavy atom. The second-order valence-corrected chi connectivity index (χ2v) is 7.95. The summed E-state index contributed by atoms with van der Waals surface area (Å²) < 4.78 is 67.5. The van der Waals surface area contributed by atoms with Gasteiger partial charge in [0.2, 0.25) is 0 Å². The monoisotopic (exact) mass is 438 g/mol. The van der Waals surface area contributed by atoms with E-state index in [-0.39, 0.29) is 54.0 Å². The summed E-state index contributed by atoms with van der Waals surface area (Å²) >= 11 is 6.96. The molecular weight excluding hydrogens is 424 g/mol. The average Bonchev–Trinajstić information content (AvgIpc) is 2.92. The fourth-order valence-corrected chi connectivity index (χ4v) is 4.38. The molecular formula is C14H15ClF3N2NaO3S2. The van der Waals surface area contributed by atoms with E-state index in [9.17, 15) is 21.6 Å². The van der Waals surface area contributed by atoms with Gasteiger partial charge in [-0.2, -0.15) is 13.2 Å². The first kappa shape index (κ1) is 23.7. The van der Waals surface area contributed by atoms with Crippen LogP contribution in [-0.4, -0.2) is 32.8 Å². The van der Waals surface area contributed by atoms with Gasteiger partial charge in [-0.15, -0.1) is 11.3 Å². The molecule has 2 aromatic rings. The minimum absolute atomic E-state index is 0. The molecule has 0 fully saturated rings. The smallest absolute Gasteiger partial charge is 1.00 e. The van der Waals surface area contributed by atoms with E-state index in [1.165, 1.54) is 12.1 Å². The van der Waals surface area contributed by atoms with Crippen LogP contribution in [0.2, 0.25) is 5.02 Å². The molecule has 0 aliphatic heterocycles. The maximum absolute atomic E-state index is 12.4. The van der Waals surface area contributed by atoms with Crippen molar-refractivity contribution in [1.29, 1.82) is 0 Å². The van der Waals surface area contributed by atoms with E-state index in [1.807, 2.05) is 0 Å². The number of ether oxygens (including phenoxy) is 1. The molecule has 26 heavy (non-hydrogen) atoms. The quantitative estimate of drug-likeness (QED) is 0.520. The number of anilines is 1. The van der Waals surface area contributed by atoms with Gasteiger partial charge in [0, 0.05) is 16.8 Å². The van der Waals surface area contributed by atoms with Crippen LogP contribution in [0.5, 0.6) is 0 Å². The van der Waals surface area contributed by atoms with Crippen LogP contribution in [-0.2, 0) is 21.2 Å². The molecule has 0 spiro atoms. The molecule has 0 aliphatic carbocycles. The molecule has 5 nitrogen and oxygen atoms in total. The fraction of sp³-hybridized carbons (Fsp3) is 0.357. The molecule has 0 saturated carbocycles. The Bertz CT molecular complexity index is 850. The van der Waals surface area contributed by atoms with E-state index < -0.39 is 22.8 Å². The Labute approximate surface area is 181 Å². The first-order chi connectivity index (χ1) is 11.6. The van der Waals surface area contributed by atoms with Gasteiger partial charge >= 0.3 is 35.7 Å². The molecule has 0 aliphatic rings. The van der Waals surface area contributed by atoms with Crippen molar-refractivity contribution in [3.05, 3.63) is 39.9 Å². The summed E-state index contributed by atoms with van der Waals surface area (Å²) in [4.78, 5) is 4.07. The van der Waals surface area contributed by atoms with Crippen molar-refractivity contribution in [1.82, 2.24) is 4.98 Å². The van der Waals surface area contributed by atoms with Gasteiger partial charge in [-0.3, -0.25) is 4.72 Å². The zero-order valence-electron chi connectivity index (χ0n) is 14.9. The minimum atomic E-state index is -4.38. The van der Waals surface area contributed by atoms with Crippen molar-refractivity contribution in [3.63, 3.8) is 0 Å². The number of halogens is 4. The average molecular weight is 439 g/mol.